The van der Waals surface area contributed by atoms with Crippen molar-refractivity contribution in [3.63, 3.8) is 0 Å². The molecule has 1 aromatic rings. The third-order valence-electron chi connectivity index (χ3n) is 2.50. The van der Waals surface area contributed by atoms with E-state index in [0.29, 0.717) is 11.1 Å². The molecule has 3 heteroatoms. The van der Waals surface area contributed by atoms with E-state index in [1.807, 2.05) is 18.2 Å². The lowest BCUT2D eigenvalue weighted by Crippen LogP contribution is -2.01. The van der Waals surface area contributed by atoms with E-state index in [0.717, 1.165) is 11.5 Å². The third-order valence-corrected chi connectivity index (χ3v) is 2.50. The van der Waals surface area contributed by atoms with Gasteiger partial charge in [-0.25, -0.2) is 4.39 Å². The summed E-state index contributed by atoms with van der Waals surface area (Å²) < 4.78 is 19.0. The van der Waals surface area contributed by atoms with Crippen LogP contribution in [0.25, 0.3) is 22.3 Å². The first-order chi connectivity index (χ1) is 7.74. The average Bonchev–Trinajstić information content (AvgIpc) is 2.27. The van der Waals surface area contributed by atoms with E-state index in [2.05, 4.69) is 0 Å². The van der Waals surface area contributed by atoms with E-state index < -0.39 is 5.82 Å². The molecule has 3 rings (SSSR count). The molecule has 0 bridgehead atoms. The van der Waals surface area contributed by atoms with Crippen LogP contribution in [0.2, 0.25) is 0 Å². The molecule has 0 radical (unpaired) electrons. The highest BCUT2D eigenvalue weighted by Crippen LogP contribution is 2.28. The Balaban J connectivity index is 2.52. The predicted octanol–water partition coefficient (Wildman–Crippen LogP) is 3.04. The Labute approximate surface area is 90.3 Å². The maximum Gasteiger partial charge on any atom is 0.185 e. The zero-order valence-electron chi connectivity index (χ0n) is 8.24. The highest BCUT2D eigenvalue weighted by Gasteiger charge is 2.12. The van der Waals surface area contributed by atoms with Gasteiger partial charge in [0.2, 0.25) is 0 Å². The van der Waals surface area contributed by atoms with Crippen molar-refractivity contribution in [1.82, 2.24) is 0 Å². The zero-order chi connectivity index (χ0) is 11.1. The highest BCUT2D eigenvalue weighted by molar-refractivity contribution is 5.82. The van der Waals surface area contributed by atoms with Crippen LogP contribution in [0.1, 0.15) is 0 Å². The summed E-state index contributed by atoms with van der Waals surface area (Å²) in [5.41, 5.74) is 0.585. The topological polar surface area (TPSA) is 30.2 Å². The summed E-state index contributed by atoms with van der Waals surface area (Å²) in [5.74, 6) is -0.263. The second-order valence-corrected chi connectivity index (χ2v) is 3.60. The molecule has 0 unspecified atom stereocenters. The summed E-state index contributed by atoms with van der Waals surface area (Å²) >= 11 is 0. The number of rotatable bonds is 0. The molecule has 0 N–H and O–H groups in total. The van der Waals surface area contributed by atoms with Crippen molar-refractivity contribution in [2.45, 2.75) is 0 Å². The number of benzene rings is 2. The largest absolute Gasteiger partial charge is 0.456 e. The van der Waals surface area contributed by atoms with Gasteiger partial charge in [-0.05, 0) is 12.1 Å². The van der Waals surface area contributed by atoms with E-state index in [9.17, 15) is 9.18 Å². The van der Waals surface area contributed by atoms with Gasteiger partial charge in [0.25, 0.3) is 0 Å². The van der Waals surface area contributed by atoms with Gasteiger partial charge in [0.15, 0.2) is 5.43 Å². The van der Waals surface area contributed by atoms with Crippen LogP contribution in [-0.4, -0.2) is 0 Å². The van der Waals surface area contributed by atoms with Gasteiger partial charge >= 0.3 is 0 Å². The van der Waals surface area contributed by atoms with Gasteiger partial charge in [-0.3, -0.25) is 4.79 Å². The van der Waals surface area contributed by atoms with Gasteiger partial charge in [-0.15, -0.1) is 0 Å². The van der Waals surface area contributed by atoms with E-state index in [-0.39, 0.29) is 11.2 Å². The van der Waals surface area contributed by atoms with Gasteiger partial charge in [0, 0.05) is 17.5 Å². The molecule has 78 valence electrons. The molecule has 0 saturated heterocycles. The first-order valence-electron chi connectivity index (χ1n) is 4.86. The van der Waals surface area contributed by atoms with E-state index in [4.69, 9.17) is 4.42 Å². The Morgan fingerprint density at radius 2 is 1.88 bits per heavy atom. The summed E-state index contributed by atoms with van der Waals surface area (Å²) in [6.07, 6.45) is 0. The van der Waals surface area contributed by atoms with E-state index >= 15 is 0 Å². The minimum absolute atomic E-state index is 0.281. The fraction of sp³-hybridized carbons (Fsp3) is 0. The van der Waals surface area contributed by atoms with Crippen LogP contribution in [-0.2, 0) is 0 Å². The minimum Gasteiger partial charge on any atom is -0.456 e. The maximum atomic E-state index is 13.5. The average molecular weight is 214 g/mol. The predicted molar refractivity (Wildman–Crippen MR) is 59.1 cm³/mol. The number of para-hydroxylation sites is 1. The Morgan fingerprint density at radius 3 is 2.75 bits per heavy atom. The standard InChI is InChI=1S/C13H7FO2/c14-11-6-9(15)7-13-10(11)5-8-3-1-2-4-12(8)16-13/h1-7H. The Morgan fingerprint density at radius 1 is 1.06 bits per heavy atom. The lowest BCUT2D eigenvalue weighted by atomic mass is 10.1. The molecule has 0 aromatic heterocycles. The van der Waals surface area contributed by atoms with Crippen molar-refractivity contribution in [3.8, 4) is 11.3 Å². The second kappa shape index (κ2) is 3.17. The van der Waals surface area contributed by atoms with Crippen molar-refractivity contribution in [2.24, 2.45) is 0 Å². The molecule has 0 atom stereocenters. The third kappa shape index (κ3) is 1.29. The molecule has 16 heavy (non-hydrogen) atoms. The SMILES string of the molecule is O=c1cc2oc3ccccc3cc-2c(F)c1. The first kappa shape index (κ1) is 9.09. The fourth-order valence-corrected chi connectivity index (χ4v) is 1.76. The van der Waals surface area contributed by atoms with Crippen molar-refractivity contribution in [3.05, 3.63) is 58.5 Å². The molecular weight excluding hydrogens is 207 g/mol. The maximum absolute atomic E-state index is 13.5. The number of halogens is 1. The van der Waals surface area contributed by atoms with Gasteiger partial charge in [-0.2, -0.15) is 0 Å². The fourth-order valence-electron chi connectivity index (χ4n) is 1.76. The van der Waals surface area contributed by atoms with Gasteiger partial charge in [0.1, 0.15) is 17.2 Å². The van der Waals surface area contributed by atoms with Gasteiger partial charge < -0.3 is 4.42 Å². The summed E-state index contributed by atoms with van der Waals surface area (Å²) in [6.45, 7) is 0. The van der Waals surface area contributed by atoms with Gasteiger partial charge in [0.05, 0.1) is 5.56 Å². The molecular formula is C13H7FO2. The molecule has 1 aromatic carbocycles. The smallest absolute Gasteiger partial charge is 0.185 e. The second-order valence-electron chi connectivity index (χ2n) is 3.60. The van der Waals surface area contributed by atoms with Crippen LogP contribution in [0.15, 0.2) is 51.7 Å². The molecule has 2 nitrogen and oxygen atoms in total. The normalized spacial score (nSPS) is 11.1. The molecule has 1 aliphatic carbocycles. The Bertz CT molecular complexity index is 700. The summed E-state index contributed by atoms with van der Waals surface area (Å²) in [5, 5.41) is 0.813. The molecule has 0 saturated carbocycles. The van der Waals surface area contributed by atoms with Crippen LogP contribution in [0, 0.1) is 5.82 Å². The number of hydrogen-bond acceptors (Lipinski definition) is 2. The minimum atomic E-state index is -0.544. The first-order valence-corrected chi connectivity index (χ1v) is 4.86. The lowest BCUT2D eigenvalue weighted by molar-refractivity contribution is 0.589. The lowest BCUT2D eigenvalue weighted by Gasteiger charge is -2.06. The van der Waals surface area contributed by atoms with Crippen LogP contribution < -0.4 is 5.43 Å². The zero-order valence-corrected chi connectivity index (χ0v) is 8.24. The molecule has 0 spiro atoms. The molecule has 1 aliphatic heterocycles. The molecule has 0 fully saturated rings. The summed E-state index contributed by atoms with van der Waals surface area (Å²) in [7, 11) is 0. The summed E-state index contributed by atoms with van der Waals surface area (Å²) in [6, 6.07) is 11.2. The number of hydrogen-bond donors (Lipinski definition) is 0. The van der Waals surface area contributed by atoms with Crippen LogP contribution >= 0.6 is 0 Å². The van der Waals surface area contributed by atoms with E-state index in [1.54, 1.807) is 12.1 Å². The quantitative estimate of drug-likeness (QED) is 0.538. The van der Waals surface area contributed by atoms with Crippen molar-refractivity contribution < 1.29 is 8.81 Å². The van der Waals surface area contributed by atoms with Crippen LogP contribution in [0.3, 0.4) is 0 Å². The van der Waals surface area contributed by atoms with E-state index in [1.165, 1.54) is 6.07 Å². The Hall–Kier alpha value is -2.16. The van der Waals surface area contributed by atoms with Crippen LogP contribution in [0.5, 0.6) is 0 Å². The monoisotopic (exact) mass is 214 g/mol. The summed E-state index contributed by atoms with van der Waals surface area (Å²) in [4.78, 5) is 11.1. The molecule has 1 heterocycles. The van der Waals surface area contributed by atoms with Crippen molar-refractivity contribution in [1.29, 1.82) is 0 Å². The van der Waals surface area contributed by atoms with Crippen molar-refractivity contribution in [2.75, 3.05) is 0 Å². The van der Waals surface area contributed by atoms with Crippen LogP contribution in [0.4, 0.5) is 4.39 Å². The van der Waals surface area contributed by atoms with Crippen molar-refractivity contribution >= 4 is 11.0 Å². The van der Waals surface area contributed by atoms with Gasteiger partial charge in [-0.1, -0.05) is 18.2 Å². The molecule has 0 amide bonds. The Kier molecular flexibility index (Phi) is 1.80. The number of fused-ring (bicyclic) bond motifs is 2. The highest BCUT2D eigenvalue weighted by atomic mass is 19.1. The molecule has 2 aliphatic rings.